The van der Waals surface area contributed by atoms with E-state index in [2.05, 4.69) is 22.6 Å². The molecule has 98 valence electrons. The van der Waals surface area contributed by atoms with Gasteiger partial charge in [0.05, 0.1) is 0 Å². The van der Waals surface area contributed by atoms with E-state index in [4.69, 9.17) is 0 Å². The summed E-state index contributed by atoms with van der Waals surface area (Å²) in [5.74, 6) is 0.0621. The Bertz CT molecular complexity index is 255. The first-order valence-corrected chi connectivity index (χ1v) is 6.86. The summed E-state index contributed by atoms with van der Waals surface area (Å²) in [5, 5.41) is 6.42. The number of carbonyl (C=O) groups is 1. The van der Waals surface area contributed by atoms with Gasteiger partial charge in [-0.2, -0.15) is 0 Å². The monoisotopic (exact) mass is 239 g/mol. The van der Waals surface area contributed by atoms with Crippen molar-refractivity contribution in [2.45, 2.75) is 57.2 Å². The van der Waals surface area contributed by atoms with E-state index in [0.29, 0.717) is 6.04 Å². The lowest BCUT2D eigenvalue weighted by Gasteiger charge is -2.47. The van der Waals surface area contributed by atoms with Crippen LogP contribution in [0, 0.1) is 0 Å². The Morgan fingerprint density at radius 1 is 1.24 bits per heavy atom. The molecule has 2 atom stereocenters. The molecule has 2 aliphatic heterocycles. The van der Waals surface area contributed by atoms with Crippen LogP contribution in [0.2, 0.25) is 0 Å². The Morgan fingerprint density at radius 2 is 1.88 bits per heavy atom. The molecule has 0 radical (unpaired) electrons. The van der Waals surface area contributed by atoms with Crippen LogP contribution in [0.15, 0.2) is 0 Å². The second-order valence-corrected chi connectivity index (χ2v) is 5.51. The number of rotatable bonds is 4. The van der Waals surface area contributed by atoms with Crippen LogP contribution in [0.3, 0.4) is 0 Å². The van der Waals surface area contributed by atoms with Crippen LogP contribution in [0.25, 0.3) is 0 Å². The van der Waals surface area contributed by atoms with Gasteiger partial charge in [0, 0.05) is 38.1 Å². The molecule has 2 N–H and O–H groups in total. The number of amides is 1. The molecule has 0 aromatic carbocycles. The van der Waals surface area contributed by atoms with Gasteiger partial charge < -0.3 is 15.5 Å². The second-order valence-electron chi connectivity index (χ2n) is 5.51. The fourth-order valence-corrected chi connectivity index (χ4v) is 3.30. The number of fused-ring (bicyclic) bond motifs is 2. The average molecular weight is 239 g/mol. The Hall–Kier alpha value is -0.610. The normalized spacial score (nSPS) is 33.4. The minimum Gasteiger partial charge on any atom is -0.355 e. The van der Waals surface area contributed by atoms with E-state index in [1.807, 2.05) is 0 Å². The zero-order chi connectivity index (χ0) is 12.3. The Kier molecular flexibility index (Phi) is 4.40. The number of piperidine rings is 2. The SMILES string of the molecule is CC(=O)NCCNC1CC2CCCC(C1)N2C. The first-order chi connectivity index (χ1) is 8.16. The number of nitrogens with one attached hydrogen (secondary N) is 2. The minimum atomic E-state index is 0.0621. The fourth-order valence-electron chi connectivity index (χ4n) is 3.30. The van der Waals surface area contributed by atoms with Crippen molar-refractivity contribution in [2.24, 2.45) is 0 Å². The molecule has 2 rings (SSSR count). The molecule has 2 bridgehead atoms. The van der Waals surface area contributed by atoms with Gasteiger partial charge in [-0.15, -0.1) is 0 Å². The molecule has 2 saturated heterocycles. The van der Waals surface area contributed by atoms with Gasteiger partial charge in [-0.25, -0.2) is 0 Å². The molecule has 0 aliphatic carbocycles. The van der Waals surface area contributed by atoms with Gasteiger partial charge in [-0.3, -0.25) is 4.79 Å². The lowest BCUT2D eigenvalue weighted by Crippen LogP contribution is -2.55. The van der Waals surface area contributed by atoms with Crippen LogP contribution >= 0.6 is 0 Å². The maximum Gasteiger partial charge on any atom is 0.216 e. The van der Waals surface area contributed by atoms with Gasteiger partial charge in [0.25, 0.3) is 0 Å². The van der Waals surface area contributed by atoms with E-state index < -0.39 is 0 Å². The van der Waals surface area contributed by atoms with Crippen molar-refractivity contribution in [2.75, 3.05) is 20.1 Å². The fraction of sp³-hybridized carbons (Fsp3) is 0.923. The number of hydrogen-bond donors (Lipinski definition) is 2. The predicted molar refractivity (Wildman–Crippen MR) is 68.9 cm³/mol. The summed E-state index contributed by atoms with van der Waals surface area (Å²) in [4.78, 5) is 13.3. The topological polar surface area (TPSA) is 44.4 Å². The molecule has 4 nitrogen and oxygen atoms in total. The zero-order valence-electron chi connectivity index (χ0n) is 11.0. The first-order valence-electron chi connectivity index (χ1n) is 6.86. The summed E-state index contributed by atoms with van der Waals surface area (Å²) in [6.45, 7) is 3.21. The maximum absolute atomic E-state index is 10.8. The molecule has 0 aromatic heterocycles. The van der Waals surface area contributed by atoms with Gasteiger partial charge >= 0.3 is 0 Å². The molecular weight excluding hydrogens is 214 g/mol. The molecule has 17 heavy (non-hydrogen) atoms. The third kappa shape index (κ3) is 3.42. The molecular formula is C13H25N3O. The molecule has 1 amide bonds. The molecule has 2 fully saturated rings. The Balaban J connectivity index is 1.70. The minimum absolute atomic E-state index is 0.0621. The zero-order valence-corrected chi connectivity index (χ0v) is 11.0. The largest absolute Gasteiger partial charge is 0.355 e. The van der Waals surface area contributed by atoms with Gasteiger partial charge in [0.2, 0.25) is 5.91 Å². The Morgan fingerprint density at radius 3 is 2.47 bits per heavy atom. The van der Waals surface area contributed by atoms with E-state index in [-0.39, 0.29) is 5.91 Å². The van der Waals surface area contributed by atoms with E-state index in [1.165, 1.54) is 32.1 Å². The smallest absolute Gasteiger partial charge is 0.216 e. The Labute approximate surface area is 104 Å². The number of nitrogens with zero attached hydrogens (tertiary/aromatic N) is 1. The van der Waals surface area contributed by atoms with Gasteiger partial charge in [0.1, 0.15) is 0 Å². The van der Waals surface area contributed by atoms with Crippen molar-refractivity contribution in [3.63, 3.8) is 0 Å². The lowest BCUT2D eigenvalue weighted by atomic mass is 9.82. The van der Waals surface area contributed by atoms with Crippen molar-refractivity contribution >= 4 is 5.91 Å². The van der Waals surface area contributed by atoms with Crippen LogP contribution in [-0.4, -0.2) is 49.1 Å². The van der Waals surface area contributed by atoms with Crippen molar-refractivity contribution in [1.82, 2.24) is 15.5 Å². The van der Waals surface area contributed by atoms with Gasteiger partial charge in [0.15, 0.2) is 0 Å². The summed E-state index contributed by atoms with van der Waals surface area (Å²) >= 11 is 0. The van der Waals surface area contributed by atoms with Crippen molar-refractivity contribution in [3.05, 3.63) is 0 Å². The van der Waals surface area contributed by atoms with Crippen LogP contribution in [0.5, 0.6) is 0 Å². The number of carbonyl (C=O) groups excluding carboxylic acids is 1. The molecule has 0 spiro atoms. The van der Waals surface area contributed by atoms with Crippen molar-refractivity contribution < 1.29 is 4.79 Å². The van der Waals surface area contributed by atoms with Crippen LogP contribution in [0.1, 0.15) is 39.0 Å². The molecule has 2 aliphatic rings. The number of hydrogen-bond acceptors (Lipinski definition) is 3. The van der Waals surface area contributed by atoms with E-state index in [1.54, 1.807) is 6.92 Å². The van der Waals surface area contributed by atoms with Crippen LogP contribution in [0.4, 0.5) is 0 Å². The molecule has 0 saturated carbocycles. The quantitative estimate of drug-likeness (QED) is 0.711. The highest BCUT2D eigenvalue weighted by Gasteiger charge is 2.35. The summed E-state index contributed by atoms with van der Waals surface area (Å²) in [5.41, 5.74) is 0. The molecule has 2 unspecified atom stereocenters. The van der Waals surface area contributed by atoms with Crippen molar-refractivity contribution in [1.29, 1.82) is 0 Å². The highest BCUT2D eigenvalue weighted by Crippen LogP contribution is 2.32. The summed E-state index contributed by atoms with van der Waals surface area (Å²) in [7, 11) is 2.28. The molecule has 0 aromatic rings. The average Bonchev–Trinajstić information content (AvgIpc) is 2.25. The molecule has 2 heterocycles. The first kappa shape index (κ1) is 12.8. The standard InChI is InChI=1S/C13H25N3O/c1-10(17)14-6-7-15-11-8-12-4-3-5-13(9-11)16(12)2/h11-13,15H,3-9H2,1-2H3,(H,14,17). The van der Waals surface area contributed by atoms with E-state index in [0.717, 1.165) is 25.2 Å². The highest BCUT2D eigenvalue weighted by atomic mass is 16.1. The van der Waals surface area contributed by atoms with Crippen LogP contribution < -0.4 is 10.6 Å². The molecule has 4 heteroatoms. The van der Waals surface area contributed by atoms with Crippen molar-refractivity contribution in [3.8, 4) is 0 Å². The summed E-state index contributed by atoms with van der Waals surface area (Å²) < 4.78 is 0. The maximum atomic E-state index is 10.8. The summed E-state index contributed by atoms with van der Waals surface area (Å²) in [6.07, 6.45) is 6.66. The summed E-state index contributed by atoms with van der Waals surface area (Å²) in [6, 6.07) is 2.21. The second kappa shape index (κ2) is 5.83. The van der Waals surface area contributed by atoms with Crippen LogP contribution in [-0.2, 0) is 4.79 Å². The van der Waals surface area contributed by atoms with Gasteiger partial charge in [-0.05, 0) is 32.7 Å². The van der Waals surface area contributed by atoms with Gasteiger partial charge in [-0.1, -0.05) is 6.42 Å². The third-order valence-corrected chi connectivity index (χ3v) is 4.27. The van der Waals surface area contributed by atoms with E-state index >= 15 is 0 Å². The third-order valence-electron chi connectivity index (χ3n) is 4.27. The highest BCUT2D eigenvalue weighted by molar-refractivity contribution is 5.72. The predicted octanol–water partition coefficient (Wildman–Crippen LogP) is 0.727. The van der Waals surface area contributed by atoms with E-state index in [9.17, 15) is 4.79 Å². The lowest BCUT2D eigenvalue weighted by molar-refractivity contribution is -0.118.